The molecule has 1 aromatic heterocycles. The lowest BCUT2D eigenvalue weighted by Crippen LogP contribution is -2.16. The maximum Gasteiger partial charge on any atom is 0.175 e. The summed E-state index contributed by atoms with van der Waals surface area (Å²) in [5, 5.41) is 4.16. The molecule has 2 heterocycles. The van der Waals surface area contributed by atoms with Gasteiger partial charge in [-0.2, -0.15) is 5.10 Å². The summed E-state index contributed by atoms with van der Waals surface area (Å²) in [5.74, 6) is 2.16. The van der Waals surface area contributed by atoms with Crippen LogP contribution in [0, 0.1) is 0 Å². The molecule has 2 N–H and O–H groups in total. The second-order valence-corrected chi connectivity index (χ2v) is 4.87. The summed E-state index contributed by atoms with van der Waals surface area (Å²) in [6, 6.07) is 5.72. The fourth-order valence-corrected chi connectivity index (χ4v) is 2.51. The standard InChI is InChI=1S/C12H12BrN3O2/c13-9-5-8(7-16-11(14)1-2-15-16)6-10-12(9)18-4-3-17-10/h1-2,5-6H,3-4,7,14H2. The Morgan fingerprint density at radius 2 is 2.17 bits per heavy atom. The van der Waals surface area contributed by atoms with Crippen molar-refractivity contribution in [2.75, 3.05) is 18.9 Å². The zero-order chi connectivity index (χ0) is 12.5. The van der Waals surface area contributed by atoms with Crippen LogP contribution in [-0.4, -0.2) is 23.0 Å². The highest BCUT2D eigenvalue weighted by molar-refractivity contribution is 9.10. The Morgan fingerprint density at radius 3 is 2.94 bits per heavy atom. The molecule has 1 aliphatic rings. The number of nitrogens with zero attached hydrogens (tertiary/aromatic N) is 2. The van der Waals surface area contributed by atoms with Crippen LogP contribution >= 0.6 is 15.9 Å². The van der Waals surface area contributed by atoms with Crippen molar-refractivity contribution in [1.29, 1.82) is 0 Å². The summed E-state index contributed by atoms with van der Waals surface area (Å²) in [6.07, 6.45) is 1.68. The summed E-state index contributed by atoms with van der Waals surface area (Å²) in [5.41, 5.74) is 6.85. The Hall–Kier alpha value is -1.69. The molecule has 1 aromatic carbocycles. The number of anilines is 1. The molecule has 0 saturated heterocycles. The molecule has 94 valence electrons. The van der Waals surface area contributed by atoms with Crippen molar-refractivity contribution < 1.29 is 9.47 Å². The molecule has 0 atom stereocenters. The van der Waals surface area contributed by atoms with Crippen molar-refractivity contribution in [1.82, 2.24) is 9.78 Å². The highest BCUT2D eigenvalue weighted by Crippen LogP contribution is 2.38. The summed E-state index contributed by atoms with van der Waals surface area (Å²) in [7, 11) is 0. The highest BCUT2D eigenvalue weighted by Gasteiger charge is 2.16. The fraction of sp³-hybridized carbons (Fsp3) is 0.250. The van der Waals surface area contributed by atoms with Crippen LogP contribution in [0.3, 0.4) is 0 Å². The smallest absolute Gasteiger partial charge is 0.175 e. The Morgan fingerprint density at radius 1 is 1.33 bits per heavy atom. The average molecular weight is 310 g/mol. The molecule has 6 heteroatoms. The molecule has 0 bridgehead atoms. The van der Waals surface area contributed by atoms with E-state index >= 15 is 0 Å². The van der Waals surface area contributed by atoms with Crippen LogP contribution in [0.4, 0.5) is 5.82 Å². The number of nitrogen functional groups attached to an aromatic ring is 1. The van der Waals surface area contributed by atoms with E-state index in [0.29, 0.717) is 25.6 Å². The molecule has 5 nitrogen and oxygen atoms in total. The van der Waals surface area contributed by atoms with Crippen LogP contribution in [0.2, 0.25) is 0 Å². The fourth-order valence-electron chi connectivity index (χ4n) is 1.90. The molecule has 0 fully saturated rings. The topological polar surface area (TPSA) is 62.3 Å². The van der Waals surface area contributed by atoms with Crippen LogP contribution in [-0.2, 0) is 6.54 Å². The predicted molar refractivity (Wildman–Crippen MR) is 70.9 cm³/mol. The Bertz CT molecular complexity index is 583. The van der Waals surface area contributed by atoms with Gasteiger partial charge < -0.3 is 15.2 Å². The minimum absolute atomic E-state index is 0.576. The summed E-state index contributed by atoms with van der Waals surface area (Å²) < 4.78 is 13.8. The third-order valence-electron chi connectivity index (χ3n) is 2.74. The number of hydrogen-bond donors (Lipinski definition) is 1. The van der Waals surface area contributed by atoms with Gasteiger partial charge in [-0.1, -0.05) is 0 Å². The number of halogens is 1. The Balaban J connectivity index is 1.94. The van der Waals surface area contributed by atoms with E-state index in [1.165, 1.54) is 0 Å². The number of hydrogen-bond acceptors (Lipinski definition) is 4. The second-order valence-electron chi connectivity index (χ2n) is 4.02. The molecule has 2 aromatic rings. The quantitative estimate of drug-likeness (QED) is 0.922. The van der Waals surface area contributed by atoms with E-state index in [1.807, 2.05) is 12.1 Å². The van der Waals surface area contributed by atoms with Gasteiger partial charge in [0, 0.05) is 0 Å². The van der Waals surface area contributed by atoms with E-state index < -0.39 is 0 Å². The molecule has 0 aliphatic carbocycles. The maximum atomic E-state index is 5.80. The van der Waals surface area contributed by atoms with Crippen molar-refractivity contribution in [2.24, 2.45) is 0 Å². The molecular formula is C12H12BrN3O2. The molecule has 3 rings (SSSR count). The first-order chi connectivity index (χ1) is 8.74. The Labute approximate surface area is 113 Å². The summed E-state index contributed by atoms with van der Waals surface area (Å²) >= 11 is 3.49. The third kappa shape index (κ3) is 2.03. The molecule has 0 saturated carbocycles. The molecule has 18 heavy (non-hydrogen) atoms. The zero-order valence-electron chi connectivity index (χ0n) is 9.60. The van der Waals surface area contributed by atoms with Crippen molar-refractivity contribution in [2.45, 2.75) is 6.54 Å². The molecule has 1 aliphatic heterocycles. The third-order valence-corrected chi connectivity index (χ3v) is 3.33. The van der Waals surface area contributed by atoms with Crippen molar-refractivity contribution >= 4 is 21.7 Å². The first kappa shape index (κ1) is 11.4. The minimum Gasteiger partial charge on any atom is -0.486 e. The van der Waals surface area contributed by atoms with E-state index in [4.69, 9.17) is 15.2 Å². The van der Waals surface area contributed by atoms with Crippen molar-refractivity contribution in [3.63, 3.8) is 0 Å². The van der Waals surface area contributed by atoms with E-state index in [1.54, 1.807) is 16.9 Å². The molecule has 0 amide bonds. The van der Waals surface area contributed by atoms with Gasteiger partial charge in [-0.25, -0.2) is 4.68 Å². The number of rotatable bonds is 2. The number of ether oxygens (including phenoxy) is 2. The normalized spacial score (nSPS) is 13.6. The average Bonchev–Trinajstić information content (AvgIpc) is 2.75. The molecule has 0 unspecified atom stereocenters. The van der Waals surface area contributed by atoms with Crippen LogP contribution in [0.5, 0.6) is 11.5 Å². The van der Waals surface area contributed by atoms with Gasteiger partial charge in [-0.15, -0.1) is 0 Å². The number of aromatic nitrogens is 2. The van der Waals surface area contributed by atoms with Gasteiger partial charge >= 0.3 is 0 Å². The van der Waals surface area contributed by atoms with Gasteiger partial charge in [-0.3, -0.25) is 0 Å². The van der Waals surface area contributed by atoms with Crippen LogP contribution in [0.25, 0.3) is 0 Å². The largest absolute Gasteiger partial charge is 0.486 e. The van der Waals surface area contributed by atoms with Crippen LogP contribution < -0.4 is 15.2 Å². The van der Waals surface area contributed by atoms with Gasteiger partial charge in [0.05, 0.1) is 17.2 Å². The van der Waals surface area contributed by atoms with Gasteiger partial charge in [-0.05, 0) is 39.7 Å². The number of benzene rings is 1. The van der Waals surface area contributed by atoms with Gasteiger partial charge in [0.25, 0.3) is 0 Å². The monoisotopic (exact) mass is 309 g/mol. The molecular weight excluding hydrogens is 298 g/mol. The van der Waals surface area contributed by atoms with E-state index in [0.717, 1.165) is 21.5 Å². The number of fused-ring (bicyclic) bond motifs is 1. The second kappa shape index (κ2) is 4.53. The van der Waals surface area contributed by atoms with Gasteiger partial charge in [0.15, 0.2) is 11.5 Å². The van der Waals surface area contributed by atoms with Gasteiger partial charge in [0.1, 0.15) is 19.0 Å². The Kier molecular flexibility index (Phi) is 2.87. The SMILES string of the molecule is Nc1ccnn1Cc1cc(Br)c2c(c1)OCCO2. The van der Waals surface area contributed by atoms with Crippen LogP contribution in [0.15, 0.2) is 28.9 Å². The van der Waals surface area contributed by atoms with Crippen molar-refractivity contribution in [3.8, 4) is 11.5 Å². The minimum atomic E-state index is 0.576. The molecule has 0 spiro atoms. The summed E-state index contributed by atoms with van der Waals surface area (Å²) in [4.78, 5) is 0. The number of nitrogens with two attached hydrogens (primary N) is 1. The lowest BCUT2D eigenvalue weighted by Gasteiger charge is -2.20. The first-order valence-electron chi connectivity index (χ1n) is 5.59. The maximum absolute atomic E-state index is 5.80. The lowest BCUT2D eigenvalue weighted by atomic mass is 10.2. The van der Waals surface area contributed by atoms with E-state index in [2.05, 4.69) is 21.0 Å². The van der Waals surface area contributed by atoms with Gasteiger partial charge in [0.2, 0.25) is 0 Å². The van der Waals surface area contributed by atoms with E-state index in [-0.39, 0.29) is 0 Å². The van der Waals surface area contributed by atoms with Crippen LogP contribution in [0.1, 0.15) is 5.56 Å². The first-order valence-corrected chi connectivity index (χ1v) is 6.38. The molecule has 0 radical (unpaired) electrons. The predicted octanol–water partition coefficient (Wildman–Crippen LogP) is 2.05. The van der Waals surface area contributed by atoms with Crippen molar-refractivity contribution in [3.05, 3.63) is 34.4 Å². The zero-order valence-corrected chi connectivity index (χ0v) is 11.2. The van der Waals surface area contributed by atoms with E-state index in [9.17, 15) is 0 Å². The highest BCUT2D eigenvalue weighted by atomic mass is 79.9. The lowest BCUT2D eigenvalue weighted by molar-refractivity contribution is 0.170. The summed E-state index contributed by atoms with van der Waals surface area (Å²) in [6.45, 7) is 1.76.